The minimum atomic E-state index is 0. The number of ether oxygens (including phenoxy) is 2. The van der Waals surface area contributed by atoms with Gasteiger partial charge in [-0.25, -0.2) is 0 Å². The molecule has 1 aromatic carbocycles. The van der Waals surface area contributed by atoms with Crippen molar-refractivity contribution in [2.75, 3.05) is 53.5 Å². The molecule has 0 amide bonds. The zero-order chi connectivity index (χ0) is 20.2. The molecule has 1 saturated heterocycles. The molecule has 0 saturated carbocycles. The van der Waals surface area contributed by atoms with E-state index < -0.39 is 0 Å². The summed E-state index contributed by atoms with van der Waals surface area (Å²) in [6.07, 6.45) is 4.59. The number of benzene rings is 1. The molecule has 0 aromatic heterocycles. The molecule has 1 aliphatic heterocycles. The lowest BCUT2D eigenvalue weighted by atomic mass is 9.99. The number of guanidine groups is 1. The van der Waals surface area contributed by atoms with E-state index in [1.807, 2.05) is 13.0 Å². The molecule has 0 bridgehead atoms. The van der Waals surface area contributed by atoms with E-state index in [9.17, 15) is 0 Å². The SMILES string of the molecule is CCNC(=NCC1CCCN(C)C1)NCCCc1ccc(OC)c(OCC)c1.I. The minimum absolute atomic E-state index is 0. The Bertz CT molecular complexity index is 612. The third-order valence-electron chi connectivity index (χ3n) is 5.04. The van der Waals surface area contributed by atoms with Gasteiger partial charge < -0.3 is 25.0 Å². The number of methoxy groups -OCH3 is 1. The number of likely N-dealkylation sites (tertiary alicyclic amines) is 1. The van der Waals surface area contributed by atoms with Crippen molar-refractivity contribution in [2.24, 2.45) is 10.9 Å². The van der Waals surface area contributed by atoms with E-state index in [1.54, 1.807) is 7.11 Å². The van der Waals surface area contributed by atoms with Gasteiger partial charge in [-0.15, -0.1) is 24.0 Å². The zero-order valence-corrected chi connectivity index (χ0v) is 20.8. The predicted molar refractivity (Wildman–Crippen MR) is 132 cm³/mol. The summed E-state index contributed by atoms with van der Waals surface area (Å²) < 4.78 is 11.0. The Kier molecular flexibility index (Phi) is 13.1. The van der Waals surface area contributed by atoms with Crippen molar-refractivity contribution in [3.63, 3.8) is 0 Å². The minimum Gasteiger partial charge on any atom is -0.493 e. The second kappa shape index (κ2) is 14.7. The Hall–Kier alpha value is -1.22. The third-order valence-corrected chi connectivity index (χ3v) is 5.04. The average Bonchev–Trinajstić information content (AvgIpc) is 2.70. The maximum absolute atomic E-state index is 5.67. The number of nitrogens with zero attached hydrogens (tertiary/aromatic N) is 2. The van der Waals surface area contributed by atoms with Crippen LogP contribution >= 0.6 is 24.0 Å². The Labute approximate surface area is 193 Å². The molecule has 0 aliphatic carbocycles. The maximum atomic E-state index is 5.67. The van der Waals surface area contributed by atoms with Crippen LogP contribution in [0.3, 0.4) is 0 Å². The number of hydrogen-bond donors (Lipinski definition) is 2. The molecule has 1 aromatic rings. The van der Waals surface area contributed by atoms with Gasteiger partial charge in [0.2, 0.25) is 0 Å². The summed E-state index contributed by atoms with van der Waals surface area (Å²) in [7, 11) is 3.88. The molecule has 6 nitrogen and oxygen atoms in total. The van der Waals surface area contributed by atoms with E-state index in [0.29, 0.717) is 12.5 Å². The molecule has 1 atom stereocenters. The molecular formula is C22H39IN4O2. The van der Waals surface area contributed by atoms with Gasteiger partial charge in [-0.3, -0.25) is 4.99 Å². The first-order valence-corrected chi connectivity index (χ1v) is 10.7. The van der Waals surface area contributed by atoms with E-state index in [2.05, 4.69) is 41.6 Å². The molecule has 1 aliphatic rings. The number of nitrogens with one attached hydrogen (secondary N) is 2. The quantitative estimate of drug-likeness (QED) is 0.215. The highest BCUT2D eigenvalue weighted by Crippen LogP contribution is 2.28. The van der Waals surface area contributed by atoms with Crippen molar-refractivity contribution in [3.8, 4) is 11.5 Å². The van der Waals surface area contributed by atoms with E-state index in [4.69, 9.17) is 14.5 Å². The number of aryl methyl sites for hydroxylation is 1. The molecule has 1 unspecified atom stereocenters. The van der Waals surface area contributed by atoms with Gasteiger partial charge in [0.25, 0.3) is 0 Å². The largest absolute Gasteiger partial charge is 0.493 e. The lowest BCUT2D eigenvalue weighted by Gasteiger charge is -2.28. The lowest BCUT2D eigenvalue weighted by Crippen LogP contribution is -2.39. The summed E-state index contributed by atoms with van der Waals surface area (Å²) in [6.45, 7) is 9.79. The van der Waals surface area contributed by atoms with E-state index in [0.717, 1.165) is 56.5 Å². The average molecular weight is 518 g/mol. The number of hydrogen-bond acceptors (Lipinski definition) is 4. The first-order chi connectivity index (χ1) is 13.7. The van der Waals surface area contributed by atoms with E-state index in [-0.39, 0.29) is 24.0 Å². The molecule has 7 heteroatoms. The summed E-state index contributed by atoms with van der Waals surface area (Å²) in [5, 5.41) is 6.84. The fourth-order valence-corrected chi connectivity index (χ4v) is 3.63. The van der Waals surface area contributed by atoms with Gasteiger partial charge in [0.05, 0.1) is 13.7 Å². The molecule has 166 valence electrons. The van der Waals surface area contributed by atoms with E-state index in [1.165, 1.54) is 24.9 Å². The topological polar surface area (TPSA) is 58.1 Å². The van der Waals surface area contributed by atoms with Crippen LogP contribution in [0.15, 0.2) is 23.2 Å². The van der Waals surface area contributed by atoms with Crippen molar-refractivity contribution >= 4 is 29.9 Å². The van der Waals surface area contributed by atoms with Crippen molar-refractivity contribution in [1.29, 1.82) is 0 Å². The van der Waals surface area contributed by atoms with Crippen LogP contribution in [-0.4, -0.2) is 64.3 Å². The van der Waals surface area contributed by atoms with Gasteiger partial charge in [-0.05, 0) is 76.7 Å². The van der Waals surface area contributed by atoms with Crippen LogP contribution in [0, 0.1) is 5.92 Å². The summed E-state index contributed by atoms with van der Waals surface area (Å²) in [5.41, 5.74) is 1.26. The number of halogens is 1. The van der Waals surface area contributed by atoms with Crippen LogP contribution in [0.25, 0.3) is 0 Å². The second-order valence-electron chi connectivity index (χ2n) is 7.44. The van der Waals surface area contributed by atoms with Crippen molar-refractivity contribution in [3.05, 3.63) is 23.8 Å². The Balaban J connectivity index is 0.00000420. The van der Waals surface area contributed by atoms with Gasteiger partial charge in [0, 0.05) is 26.2 Å². The van der Waals surface area contributed by atoms with Crippen LogP contribution in [-0.2, 0) is 6.42 Å². The molecule has 29 heavy (non-hydrogen) atoms. The van der Waals surface area contributed by atoms with Gasteiger partial charge in [0.1, 0.15) is 0 Å². The fourth-order valence-electron chi connectivity index (χ4n) is 3.63. The van der Waals surface area contributed by atoms with Crippen LogP contribution in [0.4, 0.5) is 0 Å². The van der Waals surface area contributed by atoms with Crippen molar-refractivity contribution in [2.45, 2.75) is 39.5 Å². The van der Waals surface area contributed by atoms with Crippen LogP contribution in [0.1, 0.15) is 38.7 Å². The maximum Gasteiger partial charge on any atom is 0.191 e. The van der Waals surface area contributed by atoms with Crippen molar-refractivity contribution < 1.29 is 9.47 Å². The number of piperidine rings is 1. The summed E-state index contributed by atoms with van der Waals surface area (Å²) in [6, 6.07) is 6.18. The highest BCUT2D eigenvalue weighted by Gasteiger charge is 2.16. The summed E-state index contributed by atoms with van der Waals surface area (Å²) in [4.78, 5) is 7.22. The van der Waals surface area contributed by atoms with E-state index >= 15 is 0 Å². The molecule has 0 spiro atoms. The van der Waals surface area contributed by atoms with Crippen molar-refractivity contribution in [1.82, 2.24) is 15.5 Å². The first-order valence-electron chi connectivity index (χ1n) is 10.7. The second-order valence-corrected chi connectivity index (χ2v) is 7.44. The third kappa shape index (κ3) is 9.42. The molecule has 1 heterocycles. The fraction of sp³-hybridized carbons (Fsp3) is 0.682. The monoisotopic (exact) mass is 518 g/mol. The molecule has 2 N–H and O–H groups in total. The van der Waals surface area contributed by atoms with Gasteiger partial charge in [-0.2, -0.15) is 0 Å². The molecule has 0 radical (unpaired) electrons. The zero-order valence-electron chi connectivity index (χ0n) is 18.5. The Morgan fingerprint density at radius 1 is 1.24 bits per heavy atom. The molecule has 2 rings (SSSR count). The summed E-state index contributed by atoms with van der Waals surface area (Å²) >= 11 is 0. The number of aliphatic imine (C=N–C) groups is 1. The smallest absolute Gasteiger partial charge is 0.191 e. The van der Waals surface area contributed by atoms with Crippen LogP contribution in [0.2, 0.25) is 0 Å². The first kappa shape index (κ1) is 25.8. The van der Waals surface area contributed by atoms with Gasteiger partial charge >= 0.3 is 0 Å². The molecule has 1 fully saturated rings. The molecular weight excluding hydrogens is 479 g/mol. The Morgan fingerprint density at radius 2 is 2.07 bits per heavy atom. The normalized spacial score (nSPS) is 17.4. The number of rotatable bonds is 10. The highest BCUT2D eigenvalue weighted by molar-refractivity contribution is 14.0. The standard InChI is InChI=1S/C22H38N4O2.HI/c1-5-23-22(25-16-19-10-8-14-26(3)17-19)24-13-7-9-18-11-12-20(27-4)21(15-18)28-6-2;/h11-12,15,19H,5-10,13-14,16-17H2,1-4H3,(H2,23,24,25);1H. The predicted octanol–water partition coefficient (Wildman–Crippen LogP) is 3.54. The Morgan fingerprint density at radius 3 is 2.76 bits per heavy atom. The van der Waals surface area contributed by atoms with Gasteiger partial charge in [-0.1, -0.05) is 6.07 Å². The van der Waals surface area contributed by atoms with Crippen LogP contribution < -0.4 is 20.1 Å². The lowest BCUT2D eigenvalue weighted by molar-refractivity contribution is 0.214. The van der Waals surface area contributed by atoms with Crippen LogP contribution in [0.5, 0.6) is 11.5 Å². The summed E-state index contributed by atoms with van der Waals surface area (Å²) in [5.74, 6) is 3.22. The van der Waals surface area contributed by atoms with Gasteiger partial charge in [0.15, 0.2) is 17.5 Å². The highest BCUT2D eigenvalue weighted by atomic mass is 127.